The van der Waals surface area contributed by atoms with E-state index in [1.54, 1.807) is 0 Å². The van der Waals surface area contributed by atoms with E-state index < -0.39 is 6.10 Å². The first-order chi connectivity index (χ1) is 21.6. The fourth-order valence-electron chi connectivity index (χ4n) is 4.79. The number of allylic oxidation sites excluding steroid dienone is 8. The fraction of sp³-hybridized carbons (Fsp3) is 0.744. The van der Waals surface area contributed by atoms with Gasteiger partial charge in [-0.15, -0.1) is 0 Å². The van der Waals surface area contributed by atoms with E-state index in [1.165, 1.54) is 89.9 Å². The van der Waals surface area contributed by atoms with Crippen LogP contribution in [0.5, 0.6) is 0 Å². The third-order valence-corrected chi connectivity index (χ3v) is 7.60. The largest absolute Gasteiger partial charge is 0.462 e. The quantitative estimate of drug-likeness (QED) is 0.0462. The molecule has 0 spiro atoms. The second-order valence-corrected chi connectivity index (χ2v) is 11.9. The van der Waals surface area contributed by atoms with Gasteiger partial charge in [0.15, 0.2) is 6.10 Å². The van der Waals surface area contributed by atoms with Crippen molar-refractivity contribution in [2.75, 3.05) is 13.2 Å². The van der Waals surface area contributed by atoms with E-state index in [-0.39, 0.29) is 25.2 Å². The summed E-state index contributed by atoms with van der Waals surface area (Å²) in [6, 6.07) is 0. The Labute approximate surface area is 271 Å². The number of carbonyl (C=O) groups is 2. The molecule has 254 valence electrons. The smallest absolute Gasteiger partial charge is 0.306 e. The molecule has 0 amide bonds. The van der Waals surface area contributed by atoms with E-state index in [0.717, 1.165) is 51.4 Å². The van der Waals surface area contributed by atoms with Gasteiger partial charge in [0.05, 0.1) is 6.61 Å². The van der Waals surface area contributed by atoms with Crippen LogP contribution in [0, 0.1) is 0 Å². The monoisotopic (exact) mass is 617 g/mol. The van der Waals surface area contributed by atoms with Gasteiger partial charge in [-0.25, -0.2) is 0 Å². The maximum atomic E-state index is 12.1. The second-order valence-electron chi connectivity index (χ2n) is 11.9. The Bertz CT molecular complexity index is 752. The molecular weight excluding hydrogens is 548 g/mol. The predicted molar refractivity (Wildman–Crippen MR) is 187 cm³/mol. The summed E-state index contributed by atoms with van der Waals surface area (Å²) in [6.45, 7) is 4.04. The van der Waals surface area contributed by atoms with E-state index in [0.29, 0.717) is 12.8 Å². The van der Waals surface area contributed by atoms with Crippen molar-refractivity contribution in [3.63, 3.8) is 0 Å². The minimum Gasteiger partial charge on any atom is -0.462 e. The van der Waals surface area contributed by atoms with Crippen molar-refractivity contribution in [1.29, 1.82) is 0 Å². The molecule has 0 unspecified atom stereocenters. The van der Waals surface area contributed by atoms with Gasteiger partial charge in [0.1, 0.15) is 6.61 Å². The van der Waals surface area contributed by atoms with Crippen LogP contribution in [-0.4, -0.2) is 36.4 Å². The summed E-state index contributed by atoms with van der Waals surface area (Å²) < 4.78 is 10.5. The molecule has 1 atom stereocenters. The second kappa shape index (κ2) is 35.3. The van der Waals surface area contributed by atoms with Crippen molar-refractivity contribution < 1.29 is 24.2 Å². The van der Waals surface area contributed by atoms with Crippen LogP contribution in [0.25, 0.3) is 0 Å². The molecule has 5 nitrogen and oxygen atoms in total. The van der Waals surface area contributed by atoms with E-state index in [4.69, 9.17) is 9.47 Å². The molecule has 0 aliphatic heterocycles. The van der Waals surface area contributed by atoms with Gasteiger partial charge in [-0.2, -0.15) is 0 Å². The van der Waals surface area contributed by atoms with Gasteiger partial charge in [0.25, 0.3) is 0 Å². The van der Waals surface area contributed by atoms with Crippen molar-refractivity contribution >= 4 is 11.9 Å². The van der Waals surface area contributed by atoms with Gasteiger partial charge >= 0.3 is 11.9 Å². The number of ether oxygens (including phenoxy) is 2. The number of hydrogen-bond acceptors (Lipinski definition) is 5. The van der Waals surface area contributed by atoms with Crippen LogP contribution in [0.2, 0.25) is 0 Å². The van der Waals surface area contributed by atoms with Crippen LogP contribution in [0.3, 0.4) is 0 Å². The Morgan fingerprint density at radius 1 is 0.523 bits per heavy atom. The Balaban J connectivity index is 3.66. The Kier molecular flexibility index (Phi) is 33.6. The molecule has 0 fully saturated rings. The van der Waals surface area contributed by atoms with Gasteiger partial charge in [-0.05, 0) is 77.0 Å². The summed E-state index contributed by atoms with van der Waals surface area (Å²) in [6.07, 6.45) is 43.0. The topological polar surface area (TPSA) is 72.8 Å². The third kappa shape index (κ3) is 32.8. The maximum absolute atomic E-state index is 12.1. The van der Waals surface area contributed by atoms with Gasteiger partial charge in [-0.1, -0.05) is 127 Å². The highest BCUT2D eigenvalue weighted by atomic mass is 16.6. The van der Waals surface area contributed by atoms with Crippen molar-refractivity contribution in [2.45, 2.75) is 174 Å². The molecule has 0 radical (unpaired) electrons. The molecule has 0 saturated heterocycles. The lowest BCUT2D eigenvalue weighted by molar-refractivity contribution is -0.161. The van der Waals surface area contributed by atoms with E-state index in [1.807, 2.05) is 0 Å². The first-order valence-electron chi connectivity index (χ1n) is 18.2. The Hall–Kier alpha value is -2.14. The number of aliphatic hydroxyl groups is 1. The van der Waals surface area contributed by atoms with Crippen LogP contribution in [0.1, 0.15) is 168 Å². The summed E-state index contributed by atoms with van der Waals surface area (Å²) in [5, 5.41) is 9.52. The van der Waals surface area contributed by atoms with Gasteiger partial charge in [0.2, 0.25) is 0 Å². The summed E-state index contributed by atoms with van der Waals surface area (Å²) in [7, 11) is 0. The maximum Gasteiger partial charge on any atom is 0.306 e. The lowest BCUT2D eigenvalue weighted by atomic mass is 10.1. The molecule has 0 saturated carbocycles. The zero-order valence-corrected chi connectivity index (χ0v) is 28.7. The van der Waals surface area contributed by atoms with E-state index in [9.17, 15) is 14.7 Å². The molecule has 0 aromatic carbocycles. The van der Waals surface area contributed by atoms with Crippen LogP contribution < -0.4 is 0 Å². The number of esters is 2. The number of rotatable bonds is 32. The molecule has 0 aromatic rings. The SMILES string of the molecule is CCCCC/C=C\C/C=C\C/C=C\CCCCC(=O)OC[C@H](CO)OC(=O)CCCCCCCCC/C=C\CCCCCC. The van der Waals surface area contributed by atoms with E-state index in [2.05, 4.69) is 62.5 Å². The average Bonchev–Trinajstić information content (AvgIpc) is 3.02. The van der Waals surface area contributed by atoms with E-state index >= 15 is 0 Å². The predicted octanol–water partition coefficient (Wildman–Crippen LogP) is 11.1. The molecule has 0 aliphatic rings. The molecule has 44 heavy (non-hydrogen) atoms. The molecule has 0 aromatic heterocycles. The van der Waals surface area contributed by atoms with Gasteiger partial charge in [-0.3, -0.25) is 9.59 Å². The van der Waals surface area contributed by atoms with Gasteiger partial charge in [0, 0.05) is 12.8 Å². The molecule has 0 rings (SSSR count). The zero-order valence-electron chi connectivity index (χ0n) is 28.7. The first kappa shape index (κ1) is 41.9. The van der Waals surface area contributed by atoms with Crippen molar-refractivity contribution in [3.8, 4) is 0 Å². The number of aliphatic hydroxyl groups excluding tert-OH is 1. The zero-order chi connectivity index (χ0) is 32.2. The molecular formula is C39H68O5. The first-order valence-corrected chi connectivity index (χ1v) is 18.2. The molecule has 5 heteroatoms. The number of carbonyl (C=O) groups excluding carboxylic acids is 2. The highest BCUT2D eigenvalue weighted by Crippen LogP contribution is 2.12. The lowest BCUT2D eigenvalue weighted by Gasteiger charge is -2.15. The standard InChI is InChI=1S/C39H68O5/c1-3-5-7-9-11-13-15-17-19-21-23-25-27-29-31-33-38(41)43-36-37(35-40)44-39(42)34-32-30-28-26-24-22-20-18-16-14-12-10-8-6-4-2/h11,13-14,16-17,19,23,25,37,40H,3-10,12,15,18,20-22,24,26-36H2,1-2H3/b13-11-,16-14-,19-17-,25-23-/t37-/m0/s1. The summed E-state index contributed by atoms with van der Waals surface area (Å²) in [4.78, 5) is 24.2. The van der Waals surface area contributed by atoms with Crippen molar-refractivity contribution in [2.24, 2.45) is 0 Å². The van der Waals surface area contributed by atoms with Crippen LogP contribution in [0.4, 0.5) is 0 Å². The molecule has 1 N–H and O–H groups in total. The Morgan fingerprint density at radius 2 is 0.909 bits per heavy atom. The van der Waals surface area contributed by atoms with Crippen LogP contribution in [0.15, 0.2) is 48.6 Å². The lowest BCUT2D eigenvalue weighted by Crippen LogP contribution is -2.28. The number of hydrogen-bond donors (Lipinski definition) is 1. The highest BCUT2D eigenvalue weighted by Gasteiger charge is 2.16. The summed E-state index contributed by atoms with van der Waals surface area (Å²) in [5.74, 6) is -0.644. The highest BCUT2D eigenvalue weighted by molar-refractivity contribution is 5.70. The normalized spacial score (nSPS) is 12.7. The average molecular weight is 617 g/mol. The molecule has 0 aliphatic carbocycles. The summed E-state index contributed by atoms with van der Waals surface area (Å²) in [5.41, 5.74) is 0. The Morgan fingerprint density at radius 3 is 1.48 bits per heavy atom. The molecule has 0 bridgehead atoms. The minimum atomic E-state index is -0.788. The van der Waals surface area contributed by atoms with Crippen molar-refractivity contribution in [1.82, 2.24) is 0 Å². The minimum absolute atomic E-state index is 0.0880. The fourth-order valence-corrected chi connectivity index (χ4v) is 4.79. The summed E-state index contributed by atoms with van der Waals surface area (Å²) >= 11 is 0. The third-order valence-electron chi connectivity index (χ3n) is 7.60. The van der Waals surface area contributed by atoms with Crippen LogP contribution >= 0.6 is 0 Å². The van der Waals surface area contributed by atoms with Gasteiger partial charge < -0.3 is 14.6 Å². The van der Waals surface area contributed by atoms with Crippen molar-refractivity contribution in [3.05, 3.63) is 48.6 Å². The van der Waals surface area contributed by atoms with Crippen LogP contribution in [-0.2, 0) is 19.1 Å². The molecule has 0 heterocycles. The number of unbranched alkanes of at least 4 members (excludes halogenated alkanes) is 16.